The molecule has 0 heterocycles. The molecule has 0 aliphatic heterocycles. The number of hydrogen-bond acceptors (Lipinski definition) is 2. The highest BCUT2D eigenvalue weighted by molar-refractivity contribution is 6.00. The van der Waals surface area contributed by atoms with Crippen LogP contribution in [0.15, 0.2) is 12.1 Å². The van der Waals surface area contributed by atoms with Crippen LogP contribution in [-0.2, 0) is 0 Å². The maximum absolute atomic E-state index is 12.7. The van der Waals surface area contributed by atoms with Crippen molar-refractivity contribution >= 4 is 5.78 Å². The fraction of sp³-hybridized carbons (Fsp3) is 0.632. The first-order valence-electron chi connectivity index (χ1n) is 8.33. The number of carbonyl (C=O) groups excluding carboxylic acids is 1. The molecule has 0 radical (unpaired) electrons. The molecule has 118 valence electrons. The number of benzene rings is 1. The number of hydrogen-bond donors (Lipinski definition) is 0. The first kappa shape index (κ1) is 17.9. The lowest BCUT2D eigenvalue weighted by atomic mass is 9.96. The van der Waals surface area contributed by atoms with E-state index in [2.05, 4.69) is 51.7 Å². The van der Waals surface area contributed by atoms with Crippen LogP contribution in [0.25, 0.3) is 0 Å². The monoisotopic (exact) mass is 289 g/mol. The molecule has 21 heavy (non-hydrogen) atoms. The van der Waals surface area contributed by atoms with Crippen molar-refractivity contribution in [2.24, 2.45) is 0 Å². The van der Waals surface area contributed by atoms with Gasteiger partial charge in [-0.15, -0.1) is 0 Å². The minimum Gasteiger partial charge on any atom is -0.296 e. The van der Waals surface area contributed by atoms with E-state index in [1.807, 2.05) is 0 Å². The molecule has 0 fully saturated rings. The Morgan fingerprint density at radius 3 is 1.86 bits per heavy atom. The Bertz CT molecular complexity index is 434. The van der Waals surface area contributed by atoms with Gasteiger partial charge in [0, 0.05) is 5.56 Å². The summed E-state index contributed by atoms with van der Waals surface area (Å²) in [5.41, 5.74) is 4.39. The largest absolute Gasteiger partial charge is 0.296 e. The van der Waals surface area contributed by atoms with Gasteiger partial charge in [-0.05, 0) is 57.8 Å². The van der Waals surface area contributed by atoms with Gasteiger partial charge in [-0.2, -0.15) is 0 Å². The zero-order valence-corrected chi connectivity index (χ0v) is 14.5. The number of nitrogens with zero attached hydrogens (tertiary/aromatic N) is 1. The third kappa shape index (κ3) is 5.62. The Balaban J connectivity index is 2.81. The summed E-state index contributed by atoms with van der Waals surface area (Å²) in [6.45, 7) is 13.2. The molecule has 0 amide bonds. The first-order chi connectivity index (χ1) is 9.99. The number of unbranched alkanes of at least 4 members (excludes halogenated alkanes) is 2. The van der Waals surface area contributed by atoms with E-state index >= 15 is 0 Å². The van der Waals surface area contributed by atoms with E-state index in [0.717, 1.165) is 29.8 Å². The Morgan fingerprint density at radius 1 is 0.952 bits per heavy atom. The van der Waals surface area contributed by atoms with Crippen molar-refractivity contribution in [2.75, 3.05) is 19.6 Å². The molecule has 1 rings (SSSR count). The summed E-state index contributed by atoms with van der Waals surface area (Å²) >= 11 is 0. The van der Waals surface area contributed by atoms with E-state index in [1.165, 1.54) is 31.2 Å². The summed E-state index contributed by atoms with van der Waals surface area (Å²) < 4.78 is 0. The van der Waals surface area contributed by atoms with Crippen molar-refractivity contribution in [1.29, 1.82) is 0 Å². The van der Waals surface area contributed by atoms with Crippen LogP contribution in [-0.4, -0.2) is 30.3 Å². The normalized spacial score (nSPS) is 11.1. The zero-order chi connectivity index (χ0) is 15.8. The van der Waals surface area contributed by atoms with Gasteiger partial charge in [-0.1, -0.05) is 44.4 Å². The topological polar surface area (TPSA) is 20.3 Å². The second kappa shape index (κ2) is 8.99. The number of carbonyl (C=O) groups is 1. The average Bonchev–Trinajstić information content (AvgIpc) is 2.40. The molecule has 0 saturated carbocycles. The Labute approximate surface area is 130 Å². The van der Waals surface area contributed by atoms with Gasteiger partial charge >= 0.3 is 0 Å². The van der Waals surface area contributed by atoms with E-state index in [1.54, 1.807) is 0 Å². The maximum atomic E-state index is 12.7. The lowest BCUT2D eigenvalue weighted by molar-refractivity contribution is 0.0927. The molecule has 0 unspecified atom stereocenters. The van der Waals surface area contributed by atoms with Crippen molar-refractivity contribution in [3.05, 3.63) is 34.4 Å². The predicted octanol–water partition coefficient (Wildman–Crippen LogP) is 4.70. The van der Waals surface area contributed by atoms with E-state index in [-0.39, 0.29) is 5.78 Å². The molecule has 0 aromatic heterocycles. The molecular formula is C19H31NO. The zero-order valence-electron chi connectivity index (χ0n) is 14.5. The van der Waals surface area contributed by atoms with E-state index in [9.17, 15) is 4.79 Å². The Hall–Kier alpha value is -1.15. The van der Waals surface area contributed by atoms with Crippen LogP contribution in [0, 0.1) is 20.8 Å². The van der Waals surface area contributed by atoms with Gasteiger partial charge < -0.3 is 0 Å². The summed E-state index contributed by atoms with van der Waals surface area (Å²) in [5.74, 6) is 0.275. The lowest BCUT2D eigenvalue weighted by Crippen LogP contribution is -2.32. The summed E-state index contributed by atoms with van der Waals surface area (Å²) in [5, 5.41) is 0. The smallest absolute Gasteiger partial charge is 0.177 e. The van der Waals surface area contributed by atoms with Gasteiger partial charge in [0.1, 0.15) is 0 Å². The minimum absolute atomic E-state index is 0.275. The quantitative estimate of drug-likeness (QED) is 0.614. The average molecular weight is 289 g/mol. The van der Waals surface area contributed by atoms with Crippen molar-refractivity contribution in [1.82, 2.24) is 4.90 Å². The standard InChI is InChI=1S/C19H31NO/c1-6-8-10-20(11-9-7-2)14-18(21)19-16(4)12-15(3)13-17(19)5/h12-13H,6-11,14H2,1-5H3. The molecule has 1 aromatic rings. The Morgan fingerprint density at radius 2 is 1.43 bits per heavy atom. The van der Waals surface area contributed by atoms with Crippen LogP contribution in [0.4, 0.5) is 0 Å². The summed E-state index contributed by atoms with van der Waals surface area (Å²) in [6, 6.07) is 4.23. The highest BCUT2D eigenvalue weighted by Crippen LogP contribution is 2.17. The summed E-state index contributed by atoms with van der Waals surface area (Å²) in [6.07, 6.45) is 4.70. The first-order valence-corrected chi connectivity index (χ1v) is 8.33. The van der Waals surface area contributed by atoms with Crippen LogP contribution in [0.1, 0.15) is 66.6 Å². The number of ketones is 1. The second-order valence-corrected chi connectivity index (χ2v) is 6.18. The van der Waals surface area contributed by atoms with Gasteiger partial charge in [-0.25, -0.2) is 0 Å². The fourth-order valence-electron chi connectivity index (χ4n) is 2.94. The molecule has 0 spiro atoms. The predicted molar refractivity (Wildman–Crippen MR) is 91.2 cm³/mol. The third-order valence-corrected chi connectivity index (χ3v) is 3.98. The molecular weight excluding hydrogens is 258 g/mol. The SMILES string of the molecule is CCCCN(CCCC)CC(=O)c1c(C)cc(C)cc1C. The van der Waals surface area contributed by atoms with Gasteiger partial charge in [0.25, 0.3) is 0 Å². The van der Waals surface area contributed by atoms with Gasteiger partial charge in [-0.3, -0.25) is 9.69 Å². The van der Waals surface area contributed by atoms with Crippen molar-refractivity contribution in [3.8, 4) is 0 Å². The summed E-state index contributed by atoms with van der Waals surface area (Å²) in [7, 11) is 0. The van der Waals surface area contributed by atoms with Crippen LogP contribution in [0.3, 0.4) is 0 Å². The molecule has 0 N–H and O–H groups in total. The van der Waals surface area contributed by atoms with E-state index in [0.29, 0.717) is 6.54 Å². The highest BCUT2D eigenvalue weighted by atomic mass is 16.1. The molecule has 2 heteroatoms. The van der Waals surface area contributed by atoms with Gasteiger partial charge in [0.05, 0.1) is 6.54 Å². The number of Topliss-reactive ketones (excluding diaryl/α,β-unsaturated/α-hetero) is 1. The molecule has 1 aromatic carbocycles. The third-order valence-electron chi connectivity index (χ3n) is 3.98. The Kier molecular flexibility index (Phi) is 7.66. The van der Waals surface area contributed by atoms with Crippen LogP contribution < -0.4 is 0 Å². The van der Waals surface area contributed by atoms with Gasteiger partial charge in [0.2, 0.25) is 0 Å². The van der Waals surface area contributed by atoms with Crippen LogP contribution in [0.2, 0.25) is 0 Å². The van der Waals surface area contributed by atoms with E-state index in [4.69, 9.17) is 0 Å². The molecule has 2 nitrogen and oxygen atoms in total. The molecule has 0 bridgehead atoms. The maximum Gasteiger partial charge on any atom is 0.177 e. The molecule has 0 aliphatic carbocycles. The van der Waals surface area contributed by atoms with Crippen LogP contribution >= 0.6 is 0 Å². The molecule has 0 saturated heterocycles. The van der Waals surface area contributed by atoms with Crippen LogP contribution in [0.5, 0.6) is 0 Å². The number of aryl methyl sites for hydroxylation is 3. The molecule has 0 atom stereocenters. The minimum atomic E-state index is 0.275. The summed E-state index contributed by atoms with van der Waals surface area (Å²) in [4.78, 5) is 15.0. The van der Waals surface area contributed by atoms with Crippen molar-refractivity contribution < 1.29 is 4.79 Å². The fourth-order valence-corrected chi connectivity index (χ4v) is 2.94. The molecule has 0 aliphatic rings. The lowest BCUT2D eigenvalue weighted by Gasteiger charge is -2.22. The van der Waals surface area contributed by atoms with Crippen molar-refractivity contribution in [2.45, 2.75) is 60.3 Å². The highest BCUT2D eigenvalue weighted by Gasteiger charge is 2.16. The number of rotatable bonds is 9. The van der Waals surface area contributed by atoms with Crippen molar-refractivity contribution in [3.63, 3.8) is 0 Å². The van der Waals surface area contributed by atoms with Gasteiger partial charge in [0.15, 0.2) is 5.78 Å². The van der Waals surface area contributed by atoms with E-state index < -0.39 is 0 Å². The second-order valence-electron chi connectivity index (χ2n) is 6.18.